The summed E-state index contributed by atoms with van der Waals surface area (Å²) in [5.74, 6) is -0.396. The van der Waals surface area contributed by atoms with Crippen molar-refractivity contribution in [2.75, 3.05) is 14.1 Å². The Bertz CT molecular complexity index is 1420. The Labute approximate surface area is 179 Å². The van der Waals surface area contributed by atoms with Crippen molar-refractivity contribution in [3.05, 3.63) is 82.0 Å². The highest BCUT2D eigenvalue weighted by atomic mass is 19.1. The molecule has 0 fully saturated rings. The number of hydrogen-bond donors (Lipinski definition) is 0. The lowest BCUT2D eigenvalue weighted by Crippen LogP contribution is -2.20. The number of allylic oxidation sites excluding steroid dienone is 1. The molecule has 0 N–H and O–H groups in total. The molecule has 2 heterocycles. The first kappa shape index (κ1) is 20.6. The minimum atomic E-state index is -0.351. The van der Waals surface area contributed by atoms with Gasteiger partial charge >= 0.3 is 0 Å². The summed E-state index contributed by atoms with van der Waals surface area (Å²) in [4.78, 5) is 27.8. The van der Waals surface area contributed by atoms with Gasteiger partial charge in [0.05, 0.1) is 5.52 Å². The molecule has 31 heavy (non-hydrogen) atoms. The number of carbonyl (C=O) groups is 1. The van der Waals surface area contributed by atoms with Crippen molar-refractivity contribution in [3.63, 3.8) is 0 Å². The van der Waals surface area contributed by atoms with E-state index in [1.54, 1.807) is 36.9 Å². The average Bonchev–Trinajstić information content (AvgIpc) is 3.01. The number of Topliss-reactive ketones (excluding diaryl/α,β-unsaturated/α-hetero) is 1. The largest absolute Gasteiger partial charge is 0.383 e. The van der Waals surface area contributed by atoms with E-state index in [-0.39, 0.29) is 17.2 Å². The Balaban J connectivity index is 1.99. The molecule has 0 amide bonds. The standard InChI is InChI=1S/C25H24FN3O2/c1-15(14-27(2)3)23(30)17-8-11-22-20(12-17)21-13-19(16-6-9-18(26)10-7-16)25(31)29(5)24(21)28(22)4/h6-14H,1-5H3. The lowest BCUT2D eigenvalue weighted by atomic mass is 10.0. The zero-order chi connectivity index (χ0) is 22.4. The lowest BCUT2D eigenvalue weighted by Gasteiger charge is -2.08. The molecule has 0 spiro atoms. The van der Waals surface area contributed by atoms with Crippen LogP contribution in [0.15, 0.2) is 65.1 Å². The fourth-order valence-electron chi connectivity index (χ4n) is 4.14. The number of halogens is 1. The maximum absolute atomic E-state index is 13.4. The van der Waals surface area contributed by atoms with Gasteiger partial charge in [0.1, 0.15) is 11.5 Å². The van der Waals surface area contributed by atoms with Crippen molar-refractivity contribution in [1.82, 2.24) is 14.0 Å². The molecule has 0 aliphatic heterocycles. The summed E-state index contributed by atoms with van der Waals surface area (Å²) >= 11 is 0. The maximum Gasteiger partial charge on any atom is 0.259 e. The normalized spacial score (nSPS) is 12.0. The third-order valence-electron chi connectivity index (χ3n) is 5.58. The molecule has 0 bridgehead atoms. The molecule has 0 saturated heterocycles. The van der Waals surface area contributed by atoms with Crippen molar-refractivity contribution < 1.29 is 9.18 Å². The Morgan fingerprint density at radius 2 is 1.65 bits per heavy atom. The highest BCUT2D eigenvalue weighted by Gasteiger charge is 2.18. The Hall–Kier alpha value is -3.67. The number of aromatic nitrogens is 2. The molecular weight excluding hydrogens is 393 g/mol. The van der Waals surface area contributed by atoms with Gasteiger partial charge in [0.15, 0.2) is 5.78 Å². The summed E-state index contributed by atoms with van der Waals surface area (Å²) in [5, 5.41) is 1.75. The topological polar surface area (TPSA) is 47.2 Å². The minimum Gasteiger partial charge on any atom is -0.383 e. The van der Waals surface area contributed by atoms with Crippen molar-refractivity contribution >= 4 is 27.7 Å². The van der Waals surface area contributed by atoms with Crippen LogP contribution in [0.3, 0.4) is 0 Å². The van der Waals surface area contributed by atoms with Gasteiger partial charge in [-0.2, -0.15) is 0 Å². The molecule has 0 saturated carbocycles. The van der Waals surface area contributed by atoms with Gasteiger partial charge in [-0.1, -0.05) is 12.1 Å². The van der Waals surface area contributed by atoms with E-state index < -0.39 is 0 Å². The Morgan fingerprint density at radius 1 is 0.968 bits per heavy atom. The van der Waals surface area contributed by atoms with Crippen LogP contribution in [-0.4, -0.2) is 33.9 Å². The predicted octanol–water partition coefficient (Wildman–Crippen LogP) is 4.48. The van der Waals surface area contributed by atoms with E-state index in [1.165, 1.54) is 12.1 Å². The van der Waals surface area contributed by atoms with Gasteiger partial charge in [0, 0.05) is 61.9 Å². The second-order valence-electron chi connectivity index (χ2n) is 8.06. The Morgan fingerprint density at radius 3 is 2.29 bits per heavy atom. The van der Waals surface area contributed by atoms with Crippen LogP contribution in [0.25, 0.3) is 33.1 Å². The molecule has 4 rings (SSSR count). The van der Waals surface area contributed by atoms with Gasteiger partial charge in [-0.05, 0) is 48.9 Å². The van der Waals surface area contributed by atoms with Crippen LogP contribution in [0.4, 0.5) is 4.39 Å². The van der Waals surface area contributed by atoms with Crippen LogP contribution in [0.1, 0.15) is 17.3 Å². The second-order valence-corrected chi connectivity index (χ2v) is 8.06. The summed E-state index contributed by atoms with van der Waals surface area (Å²) in [6.45, 7) is 1.80. The van der Waals surface area contributed by atoms with Crippen LogP contribution in [-0.2, 0) is 14.1 Å². The van der Waals surface area contributed by atoms with Gasteiger partial charge < -0.3 is 9.47 Å². The van der Waals surface area contributed by atoms with Crippen LogP contribution >= 0.6 is 0 Å². The first-order chi connectivity index (χ1) is 14.7. The maximum atomic E-state index is 13.4. The van der Waals surface area contributed by atoms with E-state index in [4.69, 9.17) is 0 Å². The monoisotopic (exact) mass is 417 g/mol. The van der Waals surface area contributed by atoms with Gasteiger partial charge in [-0.3, -0.25) is 14.2 Å². The summed E-state index contributed by atoms with van der Waals surface area (Å²) in [6.07, 6.45) is 1.80. The quantitative estimate of drug-likeness (QED) is 0.363. The molecule has 0 radical (unpaired) electrons. The summed E-state index contributed by atoms with van der Waals surface area (Å²) in [6, 6.07) is 13.3. The SMILES string of the molecule is CC(=CN(C)C)C(=O)c1ccc2c(c1)c1cc(-c3ccc(F)cc3)c(=O)n(C)c1n2C. The fraction of sp³-hybridized carbons (Fsp3) is 0.200. The van der Waals surface area contributed by atoms with E-state index in [0.717, 1.165) is 21.9 Å². The molecule has 158 valence electrons. The molecule has 6 heteroatoms. The van der Waals surface area contributed by atoms with E-state index >= 15 is 0 Å². The molecule has 2 aromatic heterocycles. The molecule has 0 aliphatic carbocycles. The van der Waals surface area contributed by atoms with Crippen LogP contribution in [0.5, 0.6) is 0 Å². The number of rotatable bonds is 4. The predicted molar refractivity (Wildman–Crippen MR) is 123 cm³/mol. The van der Waals surface area contributed by atoms with E-state index in [0.29, 0.717) is 22.3 Å². The van der Waals surface area contributed by atoms with Crippen LogP contribution in [0, 0.1) is 5.82 Å². The van der Waals surface area contributed by atoms with Crippen LogP contribution in [0.2, 0.25) is 0 Å². The minimum absolute atomic E-state index is 0.0452. The van der Waals surface area contributed by atoms with Crippen molar-refractivity contribution in [3.8, 4) is 11.1 Å². The number of nitrogens with zero attached hydrogens (tertiary/aromatic N) is 3. The molecule has 0 aliphatic rings. The molecule has 4 aromatic rings. The summed E-state index contributed by atoms with van der Waals surface area (Å²) in [5.41, 5.74) is 3.90. The Kier molecular flexibility index (Phi) is 5.01. The van der Waals surface area contributed by atoms with E-state index in [1.807, 2.05) is 54.9 Å². The fourth-order valence-corrected chi connectivity index (χ4v) is 4.14. The number of aryl methyl sites for hydroxylation is 2. The zero-order valence-electron chi connectivity index (χ0n) is 18.2. The highest BCUT2D eigenvalue weighted by Crippen LogP contribution is 2.31. The lowest BCUT2D eigenvalue weighted by molar-refractivity contribution is 0.103. The third-order valence-corrected chi connectivity index (χ3v) is 5.58. The van der Waals surface area contributed by atoms with E-state index in [9.17, 15) is 14.0 Å². The third kappa shape index (κ3) is 3.44. The number of benzene rings is 2. The molecule has 2 aromatic carbocycles. The molecule has 0 unspecified atom stereocenters. The number of ketones is 1. The number of hydrogen-bond acceptors (Lipinski definition) is 3. The van der Waals surface area contributed by atoms with Gasteiger partial charge in [-0.15, -0.1) is 0 Å². The second kappa shape index (κ2) is 7.54. The van der Waals surface area contributed by atoms with Crippen molar-refractivity contribution in [1.29, 1.82) is 0 Å². The number of fused-ring (bicyclic) bond motifs is 3. The van der Waals surface area contributed by atoms with Crippen LogP contribution < -0.4 is 5.56 Å². The first-order valence-corrected chi connectivity index (χ1v) is 9.96. The highest BCUT2D eigenvalue weighted by molar-refractivity contribution is 6.14. The van der Waals surface area contributed by atoms with E-state index in [2.05, 4.69) is 0 Å². The average molecular weight is 417 g/mol. The van der Waals surface area contributed by atoms with Gasteiger partial charge in [0.25, 0.3) is 5.56 Å². The molecule has 5 nitrogen and oxygen atoms in total. The smallest absolute Gasteiger partial charge is 0.259 e. The van der Waals surface area contributed by atoms with Crippen molar-refractivity contribution in [2.24, 2.45) is 14.1 Å². The summed E-state index contributed by atoms with van der Waals surface area (Å²) < 4.78 is 16.9. The molecule has 0 atom stereocenters. The summed E-state index contributed by atoms with van der Waals surface area (Å²) in [7, 11) is 7.39. The molecular formula is C25H24FN3O2. The number of carbonyl (C=O) groups excluding carboxylic acids is 1. The zero-order valence-corrected chi connectivity index (χ0v) is 18.2. The van der Waals surface area contributed by atoms with Gasteiger partial charge in [0.2, 0.25) is 0 Å². The number of pyridine rings is 1. The first-order valence-electron chi connectivity index (χ1n) is 9.96. The van der Waals surface area contributed by atoms with Gasteiger partial charge in [-0.25, -0.2) is 4.39 Å². The van der Waals surface area contributed by atoms with Crippen molar-refractivity contribution in [2.45, 2.75) is 6.92 Å².